The number of nitrogens with zero attached hydrogens (tertiary/aromatic N) is 6. The van der Waals surface area contributed by atoms with Crippen LogP contribution in [0.1, 0.15) is 45.4 Å². The number of hydrogen-bond acceptors (Lipinski definition) is 6. The van der Waals surface area contributed by atoms with E-state index in [1.807, 2.05) is 30.9 Å². The summed E-state index contributed by atoms with van der Waals surface area (Å²) in [5, 5.41) is 11.4. The number of nitrogens with one attached hydrogen (secondary N) is 1. The Morgan fingerprint density at radius 3 is 2.86 bits per heavy atom. The standard InChI is InChI=1S/C26H33N7O2/c1-4-18(3)26(35)32-14-12-20(19(5-2)17-32)15-27-16-24(34)29-22-10-8-9-21(28-22)25-31-30-23-11-6-7-13-33(23)25/h5,8-10,15,18H,2,4,6-7,11-14,16-17H2,1,3H3,(H,28,29,34). The van der Waals surface area contributed by atoms with E-state index in [1.165, 1.54) is 0 Å². The van der Waals surface area contributed by atoms with Gasteiger partial charge in [0.15, 0.2) is 5.82 Å². The highest BCUT2D eigenvalue weighted by Crippen LogP contribution is 2.23. The lowest BCUT2D eigenvalue weighted by molar-refractivity contribution is -0.134. The monoisotopic (exact) mass is 475 g/mol. The van der Waals surface area contributed by atoms with Crippen LogP contribution in [0.5, 0.6) is 0 Å². The Balaban J connectivity index is 1.36. The number of carbonyl (C=O) groups is 2. The molecule has 0 saturated heterocycles. The number of amides is 2. The molecule has 2 amide bonds. The number of anilines is 1. The van der Waals surface area contributed by atoms with E-state index in [4.69, 9.17) is 0 Å². The molecule has 0 bridgehead atoms. The van der Waals surface area contributed by atoms with Gasteiger partial charge in [0.1, 0.15) is 23.9 Å². The molecule has 4 rings (SSSR count). The van der Waals surface area contributed by atoms with Gasteiger partial charge in [-0.1, -0.05) is 32.6 Å². The van der Waals surface area contributed by atoms with Crippen molar-refractivity contribution in [3.05, 3.63) is 47.8 Å². The van der Waals surface area contributed by atoms with Gasteiger partial charge >= 0.3 is 0 Å². The molecule has 2 aromatic rings. The van der Waals surface area contributed by atoms with E-state index < -0.39 is 0 Å². The molecular weight excluding hydrogens is 442 g/mol. The first-order valence-corrected chi connectivity index (χ1v) is 12.3. The average Bonchev–Trinajstić information content (AvgIpc) is 3.32. The van der Waals surface area contributed by atoms with Crippen molar-refractivity contribution >= 4 is 23.8 Å². The molecular formula is C26H33N7O2. The highest BCUT2D eigenvalue weighted by atomic mass is 16.2. The SMILES string of the molecule is C=CC1=C(C=NCC(=O)Nc2cccc(-c3nnc4n3CCCC4)n2)CCN(C(=O)C(C)CC)C1. The summed E-state index contributed by atoms with van der Waals surface area (Å²) in [6.45, 7) is 9.92. The number of aromatic nitrogens is 4. The highest BCUT2D eigenvalue weighted by molar-refractivity contribution is 5.93. The van der Waals surface area contributed by atoms with Crippen LogP contribution in [0.4, 0.5) is 5.82 Å². The Morgan fingerprint density at radius 1 is 1.20 bits per heavy atom. The predicted molar refractivity (Wildman–Crippen MR) is 136 cm³/mol. The summed E-state index contributed by atoms with van der Waals surface area (Å²) >= 11 is 0. The molecule has 2 aromatic heterocycles. The van der Waals surface area contributed by atoms with E-state index in [-0.39, 0.29) is 24.3 Å². The fourth-order valence-electron chi connectivity index (χ4n) is 4.37. The number of carbonyl (C=O) groups excluding carboxylic acids is 2. The Hall–Kier alpha value is -3.62. The lowest BCUT2D eigenvalue weighted by Gasteiger charge is -2.30. The second-order valence-electron chi connectivity index (χ2n) is 9.05. The van der Waals surface area contributed by atoms with Crippen LogP contribution < -0.4 is 5.32 Å². The van der Waals surface area contributed by atoms with Gasteiger partial charge in [-0.3, -0.25) is 14.6 Å². The van der Waals surface area contributed by atoms with Gasteiger partial charge in [-0.25, -0.2) is 4.98 Å². The molecule has 1 unspecified atom stereocenters. The minimum Gasteiger partial charge on any atom is -0.338 e. The number of pyridine rings is 1. The zero-order valence-electron chi connectivity index (χ0n) is 20.5. The summed E-state index contributed by atoms with van der Waals surface area (Å²) in [6.07, 6.45) is 8.18. The third kappa shape index (κ3) is 5.72. The van der Waals surface area contributed by atoms with Gasteiger partial charge in [-0.05, 0) is 49.0 Å². The number of hydrogen-bond donors (Lipinski definition) is 1. The van der Waals surface area contributed by atoms with Gasteiger partial charge in [0.25, 0.3) is 0 Å². The van der Waals surface area contributed by atoms with E-state index in [0.717, 1.165) is 55.0 Å². The van der Waals surface area contributed by atoms with Crippen molar-refractivity contribution in [3.63, 3.8) is 0 Å². The third-order valence-corrected chi connectivity index (χ3v) is 6.60. The summed E-state index contributed by atoms with van der Waals surface area (Å²) in [6, 6.07) is 5.48. The Bertz CT molecular complexity index is 1160. The smallest absolute Gasteiger partial charge is 0.247 e. The van der Waals surface area contributed by atoms with Crippen LogP contribution in [0, 0.1) is 5.92 Å². The van der Waals surface area contributed by atoms with E-state index in [0.29, 0.717) is 31.0 Å². The van der Waals surface area contributed by atoms with Gasteiger partial charge in [0, 0.05) is 38.2 Å². The maximum absolute atomic E-state index is 12.5. The summed E-state index contributed by atoms with van der Waals surface area (Å²) < 4.78 is 2.11. The van der Waals surface area contributed by atoms with E-state index >= 15 is 0 Å². The molecule has 9 heteroatoms. The molecule has 0 spiro atoms. The van der Waals surface area contributed by atoms with Gasteiger partial charge < -0.3 is 14.8 Å². The van der Waals surface area contributed by atoms with Crippen LogP contribution in [0.25, 0.3) is 11.5 Å². The number of aliphatic imine (C=N–C) groups is 1. The minimum atomic E-state index is -0.251. The van der Waals surface area contributed by atoms with Crippen molar-refractivity contribution < 1.29 is 9.59 Å². The van der Waals surface area contributed by atoms with E-state index in [9.17, 15) is 9.59 Å². The molecule has 2 aliphatic heterocycles. The van der Waals surface area contributed by atoms with Crippen molar-refractivity contribution in [1.82, 2.24) is 24.6 Å². The zero-order chi connectivity index (χ0) is 24.8. The van der Waals surface area contributed by atoms with Crippen LogP contribution in [0.3, 0.4) is 0 Å². The molecule has 4 heterocycles. The molecule has 0 aromatic carbocycles. The van der Waals surface area contributed by atoms with Crippen molar-refractivity contribution in [3.8, 4) is 11.5 Å². The second-order valence-corrected chi connectivity index (χ2v) is 9.05. The van der Waals surface area contributed by atoms with Gasteiger partial charge in [0.05, 0.1) is 0 Å². The molecule has 2 aliphatic rings. The summed E-state index contributed by atoms with van der Waals surface area (Å²) in [5.74, 6) is 2.11. The van der Waals surface area contributed by atoms with Gasteiger partial charge in [-0.15, -0.1) is 10.2 Å². The maximum Gasteiger partial charge on any atom is 0.247 e. The topological polar surface area (TPSA) is 105 Å². The molecule has 0 radical (unpaired) electrons. The molecule has 0 aliphatic carbocycles. The number of fused-ring (bicyclic) bond motifs is 1. The molecule has 0 saturated carbocycles. The van der Waals surface area contributed by atoms with Crippen molar-refractivity contribution in [1.29, 1.82) is 0 Å². The van der Waals surface area contributed by atoms with Crippen molar-refractivity contribution in [2.24, 2.45) is 10.9 Å². The van der Waals surface area contributed by atoms with Gasteiger partial charge in [-0.2, -0.15) is 0 Å². The van der Waals surface area contributed by atoms with Crippen LogP contribution in [-0.4, -0.2) is 62.3 Å². The normalized spacial score (nSPS) is 16.8. The lowest BCUT2D eigenvalue weighted by Crippen LogP contribution is -2.40. The predicted octanol–water partition coefficient (Wildman–Crippen LogP) is 3.45. The molecule has 1 N–H and O–H groups in total. The summed E-state index contributed by atoms with van der Waals surface area (Å²) in [4.78, 5) is 35.8. The average molecular weight is 476 g/mol. The first-order valence-electron chi connectivity index (χ1n) is 12.3. The zero-order valence-corrected chi connectivity index (χ0v) is 20.5. The quantitative estimate of drug-likeness (QED) is 0.589. The summed E-state index contributed by atoms with van der Waals surface area (Å²) in [7, 11) is 0. The Labute approximate surface area is 206 Å². The van der Waals surface area contributed by atoms with Crippen LogP contribution in [0.2, 0.25) is 0 Å². The molecule has 184 valence electrons. The van der Waals surface area contributed by atoms with Crippen LogP contribution in [0.15, 0.2) is 47.0 Å². The second kappa shape index (κ2) is 11.2. The first-order chi connectivity index (χ1) is 17.0. The summed E-state index contributed by atoms with van der Waals surface area (Å²) in [5.41, 5.74) is 2.67. The van der Waals surface area contributed by atoms with Crippen molar-refractivity contribution in [2.45, 2.75) is 52.5 Å². The number of aryl methyl sites for hydroxylation is 1. The van der Waals surface area contributed by atoms with Crippen molar-refractivity contribution in [2.75, 3.05) is 25.0 Å². The van der Waals surface area contributed by atoms with Gasteiger partial charge in [0.2, 0.25) is 11.8 Å². The molecule has 1 atom stereocenters. The minimum absolute atomic E-state index is 0.0160. The third-order valence-electron chi connectivity index (χ3n) is 6.60. The molecule has 35 heavy (non-hydrogen) atoms. The fraction of sp³-hybridized carbons (Fsp3) is 0.462. The number of rotatable bonds is 8. The van der Waals surface area contributed by atoms with Crippen LogP contribution >= 0.6 is 0 Å². The lowest BCUT2D eigenvalue weighted by atomic mass is 9.98. The largest absolute Gasteiger partial charge is 0.338 e. The molecule has 0 fully saturated rings. The Kier molecular flexibility index (Phi) is 7.84. The fourth-order valence-corrected chi connectivity index (χ4v) is 4.37. The maximum atomic E-state index is 12.5. The van der Waals surface area contributed by atoms with E-state index in [2.05, 4.69) is 36.6 Å². The highest BCUT2D eigenvalue weighted by Gasteiger charge is 2.24. The van der Waals surface area contributed by atoms with Crippen LogP contribution in [-0.2, 0) is 22.6 Å². The Morgan fingerprint density at radius 2 is 2.06 bits per heavy atom. The first kappa shape index (κ1) is 24.5. The van der Waals surface area contributed by atoms with E-state index in [1.54, 1.807) is 18.4 Å². The molecule has 9 nitrogen and oxygen atoms in total.